The molecule has 114 valence electrons. The van der Waals surface area contributed by atoms with Gasteiger partial charge in [0.2, 0.25) is 0 Å². The van der Waals surface area contributed by atoms with Crippen molar-refractivity contribution in [1.82, 2.24) is 15.1 Å². The lowest BCUT2D eigenvalue weighted by molar-refractivity contribution is -0.0498. The Kier molecular flexibility index (Phi) is 5.14. The zero-order valence-electron chi connectivity index (χ0n) is 11.7. The summed E-state index contributed by atoms with van der Waals surface area (Å²) in [6.45, 7) is -0.126. The molecule has 1 N–H and O–H groups in total. The van der Waals surface area contributed by atoms with Gasteiger partial charge in [-0.3, -0.25) is 4.68 Å². The highest BCUT2D eigenvalue weighted by atomic mass is 35.5. The molecule has 2 aromatic rings. The first kappa shape index (κ1) is 15.7. The van der Waals surface area contributed by atoms with Crippen LogP contribution in [0.4, 0.5) is 8.78 Å². The Balaban J connectivity index is 2.30. The predicted octanol–water partition coefficient (Wildman–Crippen LogP) is 3.37. The first-order valence-electron chi connectivity index (χ1n) is 6.48. The summed E-state index contributed by atoms with van der Waals surface area (Å²) in [7, 11) is 1.81. The summed E-state index contributed by atoms with van der Waals surface area (Å²) < 4.78 is 30.4. The van der Waals surface area contributed by atoms with Crippen LogP contribution in [0.5, 0.6) is 5.75 Å². The summed E-state index contributed by atoms with van der Waals surface area (Å²) in [5.74, 6) is 0.125. The van der Waals surface area contributed by atoms with Crippen molar-refractivity contribution in [2.75, 3.05) is 6.54 Å². The highest BCUT2D eigenvalue weighted by Crippen LogP contribution is 2.29. The quantitative estimate of drug-likeness (QED) is 0.888. The average molecular weight is 316 g/mol. The summed E-state index contributed by atoms with van der Waals surface area (Å²) in [5, 5.41) is 7.98. The van der Waals surface area contributed by atoms with Crippen molar-refractivity contribution < 1.29 is 13.5 Å². The number of alkyl halides is 2. The van der Waals surface area contributed by atoms with Crippen LogP contribution in [-0.4, -0.2) is 22.9 Å². The molecule has 0 aliphatic carbocycles. The third kappa shape index (κ3) is 3.71. The van der Waals surface area contributed by atoms with Crippen molar-refractivity contribution >= 4 is 11.6 Å². The van der Waals surface area contributed by atoms with Crippen LogP contribution < -0.4 is 10.1 Å². The second kappa shape index (κ2) is 6.87. The van der Waals surface area contributed by atoms with E-state index in [1.54, 1.807) is 30.1 Å². The lowest BCUT2D eigenvalue weighted by atomic mass is 10.0. The largest absolute Gasteiger partial charge is 0.435 e. The Morgan fingerprint density at radius 3 is 2.48 bits per heavy atom. The van der Waals surface area contributed by atoms with Crippen LogP contribution in [0, 0.1) is 0 Å². The van der Waals surface area contributed by atoms with Gasteiger partial charge in [0, 0.05) is 7.05 Å². The molecule has 1 aromatic heterocycles. The Hall–Kier alpha value is -1.66. The first-order valence-corrected chi connectivity index (χ1v) is 6.86. The minimum Gasteiger partial charge on any atom is -0.435 e. The van der Waals surface area contributed by atoms with E-state index in [4.69, 9.17) is 11.6 Å². The number of ether oxygens (including phenoxy) is 1. The smallest absolute Gasteiger partial charge is 0.387 e. The molecule has 0 fully saturated rings. The van der Waals surface area contributed by atoms with Crippen LogP contribution in [0.15, 0.2) is 30.5 Å². The second-order valence-corrected chi connectivity index (χ2v) is 4.85. The molecule has 21 heavy (non-hydrogen) atoms. The number of hydrogen-bond acceptors (Lipinski definition) is 3. The average Bonchev–Trinajstić information content (AvgIpc) is 2.76. The highest BCUT2D eigenvalue weighted by molar-refractivity contribution is 6.31. The minimum absolute atomic E-state index is 0.125. The number of hydrogen-bond donors (Lipinski definition) is 1. The van der Waals surface area contributed by atoms with E-state index < -0.39 is 6.61 Å². The number of nitrogens with one attached hydrogen (secondary N) is 1. The number of rotatable bonds is 6. The summed E-state index contributed by atoms with van der Waals surface area (Å²) in [4.78, 5) is 0. The number of halogens is 3. The van der Waals surface area contributed by atoms with Crippen molar-refractivity contribution in [3.63, 3.8) is 0 Å². The lowest BCUT2D eigenvalue weighted by Crippen LogP contribution is -2.24. The van der Waals surface area contributed by atoms with Crippen LogP contribution in [0.2, 0.25) is 5.02 Å². The van der Waals surface area contributed by atoms with E-state index in [9.17, 15) is 8.78 Å². The second-order valence-electron chi connectivity index (χ2n) is 4.44. The maximum atomic E-state index is 12.2. The number of aromatic nitrogens is 2. The Labute approximate surface area is 126 Å². The molecule has 1 aromatic carbocycles. The third-order valence-electron chi connectivity index (χ3n) is 3.06. The van der Waals surface area contributed by atoms with Gasteiger partial charge in [-0.15, -0.1) is 0 Å². The van der Waals surface area contributed by atoms with E-state index in [0.717, 1.165) is 17.8 Å². The van der Waals surface area contributed by atoms with E-state index in [-0.39, 0.29) is 11.8 Å². The van der Waals surface area contributed by atoms with Gasteiger partial charge in [-0.05, 0) is 24.2 Å². The van der Waals surface area contributed by atoms with E-state index in [0.29, 0.717) is 5.02 Å². The maximum absolute atomic E-state index is 12.2. The molecule has 0 spiro atoms. The normalized spacial score (nSPS) is 12.7. The summed E-state index contributed by atoms with van der Waals surface area (Å²) in [6.07, 6.45) is 1.58. The molecular weight excluding hydrogens is 300 g/mol. The zero-order chi connectivity index (χ0) is 15.4. The van der Waals surface area contributed by atoms with E-state index in [1.807, 2.05) is 6.92 Å². The molecule has 0 aliphatic heterocycles. The molecule has 0 amide bonds. The molecule has 0 bridgehead atoms. The standard InChI is InChI=1S/C14H16ClF2N3O/c1-3-18-12(13-11(15)8-19-20(13)2)9-4-6-10(7-5-9)21-14(16)17/h4-8,12,14,18H,3H2,1-2H3. The van der Waals surface area contributed by atoms with Crippen LogP contribution >= 0.6 is 11.6 Å². The molecule has 1 unspecified atom stereocenters. The molecular formula is C14H16ClF2N3O. The highest BCUT2D eigenvalue weighted by Gasteiger charge is 2.20. The van der Waals surface area contributed by atoms with Gasteiger partial charge in [-0.2, -0.15) is 13.9 Å². The summed E-state index contributed by atoms with van der Waals surface area (Å²) in [5.41, 5.74) is 1.71. The van der Waals surface area contributed by atoms with Crippen LogP contribution in [-0.2, 0) is 7.05 Å². The van der Waals surface area contributed by atoms with Crippen LogP contribution in [0.1, 0.15) is 24.2 Å². The fourth-order valence-corrected chi connectivity index (χ4v) is 2.44. The summed E-state index contributed by atoms with van der Waals surface area (Å²) in [6, 6.07) is 6.31. The number of aryl methyl sites for hydroxylation is 1. The topological polar surface area (TPSA) is 39.1 Å². The Morgan fingerprint density at radius 2 is 2.00 bits per heavy atom. The first-order chi connectivity index (χ1) is 10.0. The van der Waals surface area contributed by atoms with Gasteiger partial charge >= 0.3 is 6.61 Å². The van der Waals surface area contributed by atoms with Crippen LogP contribution in [0.3, 0.4) is 0 Å². The lowest BCUT2D eigenvalue weighted by Gasteiger charge is -2.19. The van der Waals surface area contributed by atoms with Gasteiger partial charge in [0.15, 0.2) is 0 Å². The van der Waals surface area contributed by atoms with Crippen molar-refractivity contribution in [2.45, 2.75) is 19.6 Å². The predicted molar refractivity (Wildman–Crippen MR) is 76.8 cm³/mol. The van der Waals surface area contributed by atoms with Crippen molar-refractivity contribution in [1.29, 1.82) is 0 Å². The minimum atomic E-state index is -2.83. The van der Waals surface area contributed by atoms with Gasteiger partial charge in [0.1, 0.15) is 5.75 Å². The van der Waals surface area contributed by atoms with E-state index in [1.165, 1.54) is 12.1 Å². The molecule has 1 atom stereocenters. The summed E-state index contributed by atoms with van der Waals surface area (Å²) >= 11 is 6.18. The molecule has 7 heteroatoms. The van der Waals surface area contributed by atoms with Gasteiger partial charge in [0.25, 0.3) is 0 Å². The van der Waals surface area contributed by atoms with E-state index in [2.05, 4.69) is 15.2 Å². The van der Waals surface area contributed by atoms with Gasteiger partial charge in [0.05, 0.1) is 23.0 Å². The van der Waals surface area contributed by atoms with Crippen molar-refractivity contribution in [2.24, 2.45) is 7.05 Å². The fourth-order valence-electron chi connectivity index (χ4n) is 2.16. The van der Waals surface area contributed by atoms with Gasteiger partial charge < -0.3 is 10.1 Å². The monoisotopic (exact) mass is 315 g/mol. The van der Waals surface area contributed by atoms with Crippen LogP contribution in [0.25, 0.3) is 0 Å². The van der Waals surface area contributed by atoms with Gasteiger partial charge in [-0.1, -0.05) is 30.7 Å². The Morgan fingerprint density at radius 1 is 1.33 bits per heavy atom. The molecule has 2 rings (SSSR count). The van der Waals surface area contributed by atoms with E-state index >= 15 is 0 Å². The molecule has 0 saturated heterocycles. The number of benzene rings is 1. The molecule has 0 saturated carbocycles. The fraction of sp³-hybridized carbons (Fsp3) is 0.357. The molecule has 0 aliphatic rings. The van der Waals surface area contributed by atoms with Crippen molar-refractivity contribution in [3.8, 4) is 5.75 Å². The molecule has 0 radical (unpaired) electrons. The molecule has 1 heterocycles. The number of nitrogens with zero attached hydrogens (tertiary/aromatic N) is 2. The zero-order valence-corrected chi connectivity index (χ0v) is 12.4. The molecule has 4 nitrogen and oxygen atoms in total. The van der Waals surface area contributed by atoms with Gasteiger partial charge in [-0.25, -0.2) is 0 Å². The SMILES string of the molecule is CCNC(c1ccc(OC(F)F)cc1)c1c(Cl)cnn1C. The Bertz CT molecular complexity index is 567. The third-order valence-corrected chi connectivity index (χ3v) is 3.35. The van der Waals surface area contributed by atoms with Crippen molar-refractivity contribution in [3.05, 3.63) is 46.7 Å². The maximum Gasteiger partial charge on any atom is 0.387 e.